The molecular weight excluding hydrogens is 199 g/mol. The van der Waals surface area contributed by atoms with Crippen molar-refractivity contribution in [3.8, 4) is 0 Å². The maximum Gasteiger partial charge on any atom is 0.391 e. The molecule has 0 spiro atoms. The highest BCUT2D eigenvalue weighted by Gasteiger charge is 2.48. The maximum absolute atomic E-state index is 12.1. The van der Waals surface area contributed by atoms with Gasteiger partial charge in [-0.05, 0) is 12.8 Å². The number of alkyl halides is 3. The van der Waals surface area contributed by atoms with Gasteiger partial charge in [0.25, 0.3) is 0 Å². The van der Waals surface area contributed by atoms with E-state index in [2.05, 4.69) is 5.32 Å². The van der Waals surface area contributed by atoms with Crippen LogP contribution in [-0.2, 0) is 0 Å². The van der Waals surface area contributed by atoms with Gasteiger partial charge >= 0.3 is 6.18 Å². The molecule has 0 aromatic carbocycles. The van der Waals surface area contributed by atoms with Gasteiger partial charge in [0.15, 0.2) is 0 Å². The van der Waals surface area contributed by atoms with Crippen molar-refractivity contribution in [2.45, 2.75) is 31.1 Å². The molecule has 76 valence electrons. The third-order valence-electron chi connectivity index (χ3n) is 2.71. The molecule has 1 saturated carbocycles. The first kappa shape index (κ1) is 9.65. The van der Waals surface area contributed by atoms with E-state index in [1.165, 1.54) is 0 Å². The van der Waals surface area contributed by atoms with Gasteiger partial charge in [-0.3, -0.25) is 0 Å². The molecule has 13 heavy (non-hydrogen) atoms. The zero-order chi connectivity index (χ0) is 9.47. The van der Waals surface area contributed by atoms with E-state index in [4.69, 9.17) is 0 Å². The summed E-state index contributed by atoms with van der Waals surface area (Å²) in [6.07, 6.45) is -3.40. The monoisotopic (exact) mass is 211 g/mol. The molecule has 0 unspecified atom stereocenters. The minimum atomic E-state index is -3.97. The van der Waals surface area contributed by atoms with Crippen molar-refractivity contribution in [3.05, 3.63) is 0 Å². The molecule has 1 aliphatic carbocycles. The largest absolute Gasteiger partial charge is 0.391 e. The fraction of sp³-hybridized carbons (Fsp3) is 1.00. The third kappa shape index (κ3) is 2.13. The highest BCUT2D eigenvalue weighted by molar-refractivity contribution is 8.00. The van der Waals surface area contributed by atoms with Gasteiger partial charge in [0.05, 0.1) is 5.92 Å². The lowest BCUT2D eigenvalue weighted by Gasteiger charge is -2.41. The summed E-state index contributed by atoms with van der Waals surface area (Å²) in [6, 6.07) is 0.599. The smallest absolute Gasteiger partial charge is 0.310 e. The predicted molar refractivity (Wildman–Crippen MR) is 46.8 cm³/mol. The summed E-state index contributed by atoms with van der Waals surface area (Å²) >= 11 is 1.84. The summed E-state index contributed by atoms with van der Waals surface area (Å²) in [4.78, 5) is 0. The Bertz CT molecular complexity index is 184. The zero-order valence-corrected chi connectivity index (χ0v) is 7.92. The van der Waals surface area contributed by atoms with Crippen LogP contribution in [0.3, 0.4) is 0 Å². The predicted octanol–water partition coefficient (Wildman–Crippen LogP) is 2.03. The van der Waals surface area contributed by atoms with Crippen LogP contribution in [0.4, 0.5) is 13.2 Å². The fourth-order valence-corrected chi connectivity index (χ4v) is 2.35. The van der Waals surface area contributed by atoms with E-state index in [9.17, 15) is 13.2 Å². The second-order valence-corrected chi connectivity index (χ2v) is 4.88. The molecule has 0 bridgehead atoms. The molecule has 1 aliphatic heterocycles. The standard InChI is InChI=1S/C8H12F3NS/c9-8(10,11)5-1-6(2-5)12-7-3-13-4-7/h5-7,12H,1-4H2. The first-order valence-electron chi connectivity index (χ1n) is 4.46. The average Bonchev–Trinajstić information content (AvgIpc) is 1.76. The van der Waals surface area contributed by atoms with Crippen molar-refractivity contribution >= 4 is 11.8 Å². The van der Waals surface area contributed by atoms with Gasteiger partial charge in [-0.25, -0.2) is 0 Å². The second kappa shape index (κ2) is 3.35. The number of nitrogens with one attached hydrogen (secondary N) is 1. The van der Waals surface area contributed by atoms with Crippen molar-refractivity contribution in [2.75, 3.05) is 11.5 Å². The lowest BCUT2D eigenvalue weighted by molar-refractivity contribution is -0.199. The van der Waals surface area contributed by atoms with Crippen molar-refractivity contribution in [1.82, 2.24) is 5.32 Å². The molecule has 5 heteroatoms. The van der Waals surface area contributed by atoms with E-state index in [0.29, 0.717) is 6.04 Å². The molecule has 0 amide bonds. The highest BCUT2D eigenvalue weighted by Crippen LogP contribution is 2.41. The number of thioether (sulfide) groups is 1. The summed E-state index contributed by atoms with van der Waals surface area (Å²) in [5.41, 5.74) is 0. The van der Waals surface area contributed by atoms with E-state index in [-0.39, 0.29) is 18.9 Å². The Labute approximate surface area is 79.5 Å². The number of hydrogen-bond donors (Lipinski definition) is 1. The van der Waals surface area contributed by atoms with Crippen LogP contribution in [0.1, 0.15) is 12.8 Å². The Morgan fingerprint density at radius 2 is 1.69 bits per heavy atom. The van der Waals surface area contributed by atoms with Crippen molar-refractivity contribution in [2.24, 2.45) is 5.92 Å². The third-order valence-corrected chi connectivity index (χ3v) is 3.99. The molecule has 2 aliphatic rings. The van der Waals surface area contributed by atoms with Crippen LogP contribution in [0.15, 0.2) is 0 Å². The molecule has 0 aromatic heterocycles. The number of hydrogen-bond acceptors (Lipinski definition) is 2. The van der Waals surface area contributed by atoms with Crippen molar-refractivity contribution in [3.63, 3.8) is 0 Å². The topological polar surface area (TPSA) is 12.0 Å². The van der Waals surface area contributed by atoms with Crippen molar-refractivity contribution < 1.29 is 13.2 Å². The van der Waals surface area contributed by atoms with Crippen LogP contribution in [-0.4, -0.2) is 29.8 Å². The molecule has 2 fully saturated rings. The summed E-state index contributed by atoms with van der Waals surface area (Å²) in [5.74, 6) is 1.08. The Kier molecular flexibility index (Phi) is 2.49. The molecule has 1 saturated heterocycles. The quantitative estimate of drug-likeness (QED) is 0.750. The van der Waals surface area contributed by atoms with E-state index < -0.39 is 12.1 Å². The Hall–Kier alpha value is 0.100. The van der Waals surface area contributed by atoms with Crippen LogP contribution < -0.4 is 5.32 Å². The SMILES string of the molecule is FC(F)(F)C1CC(NC2CSC2)C1. The minimum absolute atomic E-state index is 0.123. The summed E-state index contributed by atoms with van der Waals surface area (Å²) in [6.45, 7) is 0. The molecule has 2 rings (SSSR count). The maximum atomic E-state index is 12.1. The summed E-state index contributed by atoms with van der Waals surface area (Å²) in [7, 11) is 0. The summed E-state index contributed by atoms with van der Waals surface area (Å²) < 4.78 is 36.2. The van der Waals surface area contributed by atoms with Crippen LogP contribution >= 0.6 is 11.8 Å². The molecule has 0 aromatic rings. The van der Waals surface area contributed by atoms with E-state index >= 15 is 0 Å². The van der Waals surface area contributed by atoms with Crippen LogP contribution in [0.2, 0.25) is 0 Å². The van der Waals surface area contributed by atoms with Gasteiger partial charge in [-0.1, -0.05) is 0 Å². The first-order chi connectivity index (χ1) is 6.05. The molecule has 1 nitrogen and oxygen atoms in total. The Morgan fingerprint density at radius 3 is 2.08 bits per heavy atom. The first-order valence-corrected chi connectivity index (χ1v) is 5.61. The van der Waals surface area contributed by atoms with Gasteiger partial charge in [0.1, 0.15) is 0 Å². The van der Waals surface area contributed by atoms with E-state index in [1.54, 1.807) is 0 Å². The zero-order valence-electron chi connectivity index (χ0n) is 7.10. The summed E-state index contributed by atoms with van der Waals surface area (Å²) in [5, 5.41) is 3.23. The highest BCUT2D eigenvalue weighted by atomic mass is 32.2. The Morgan fingerprint density at radius 1 is 1.08 bits per heavy atom. The van der Waals surface area contributed by atoms with Gasteiger partial charge in [0, 0.05) is 23.6 Å². The lowest BCUT2D eigenvalue weighted by atomic mass is 9.79. The fourth-order valence-electron chi connectivity index (χ4n) is 1.69. The molecule has 0 radical (unpaired) electrons. The van der Waals surface area contributed by atoms with Crippen LogP contribution in [0.5, 0.6) is 0 Å². The second-order valence-electron chi connectivity index (χ2n) is 3.81. The van der Waals surface area contributed by atoms with Gasteiger partial charge in [0.2, 0.25) is 0 Å². The van der Waals surface area contributed by atoms with Gasteiger partial charge in [-0.2, -0.15) is 24.9 Å². The Balaban J connectivity index is 1.66. The van der Waals surface area contributed by atoms with E-state index in [0.717, 1.165) is 11.5 Å². The normalized spacial score (nSPS) is 35.3. The average molecular weight is 211 g/mol. The number of halogens is 3. The molecule has 1 heterocycles. The van der Waals surface area contributed by atoms with Crippen LogP contribution in [0, 0.1) is 5.92 Å². The van der Waals surface area contributed by atoms with Gasteiger partial charge < -0.3 is 5.32 Å². The van der Waals surface area contributed by atoms with E-state index in [1.807, 2.05) is 11.8 Å². The number of rotatable bonds is 2. The molecule has 0 atom stereocenters. The van der Waals surface area contributed by atoms with Crippen molar-refractivity contribution in [1.29, 1.82) is 0 Å². The molecular formula is C8H12F3NS. The molecule has 1 N–H and O–H groups in total. The van der Waals surface area contributed by atoms with Gasteiger partial charge in [-0.15, -0.1) is 0 Å². The van der Waals surface area contributed by atoms with Crippen LogP contribution in [0.25, 0.3) is 0 Å². The minimum Gasteiger partial charge on any atom is -0.310 e. The lowest BCUT2D eigenvalue weighted by Crippen LogP contribution is -2.53.